The summed E-state index contributed by atoms with van der Waals surface area (Å²) in [6.07, 6.45) is 0. The fraction of sp³-hybridized carbons (Fsp3) is 0.385. The molecule has 0 unspecified atom stereocenters. The molecular weight excluding hydrogens is 234 g/mol. The molecule has 1 amide bonds. The Morgan fingerprint density at radius 1 is 1.28 bits per heavy atom. The second kappa shape index (κ2) is 8.11. The molecule has 1 aromatic carbocycles. The van der Waals surface area contributed by atoms with E-state index in [-0.39, 0.29) is 12.5 Å². The second-order valence-corrected chi connectivity index (χ2v) is 3.71. The van der Waals surface area contributed by atoms with Crippen LogP contribution in [0.15, 0.2) is 18.2 Å². The second-order valence-electron chi connectivity index (χ2n) is 3.71. The van der Waals surface area contributed by atoms with E-state index >= 15 is 0 Å². The Bertz CT molecular complexity index is 395. The number of aliphatic carboxylic acids is 1. The number of carbonyl (C=O) groups excluding carboxylic acids is 1. The van der Waals surface area contributed by atoms with Crippen LogP contribution in [0.2, 0.25) is 0 Å². The third-order valence-corrected chi connectivity index (χ3v) is 2.10. The minimum Gasteiger partial charge on any atom is -0.481 e. The van der Waals surface area contributed by atoms with Gasteiger partial charge in [-0.3, -0.25) is 4.79 Å². The van der Waals surface area contributed by atoms with E-state index < -0.39 is 5.97 Å². The number of benzene rings is 1. The molecule has 5 nitrogen and oxygen atoms in total. The Morgan fingerprint density at radius 2 is 1.72 bits per heavy atom. The summed E-state index contributed by atoms with van der Waals surface area (Å²) in [5, 5.41) is 10.8. The molecule has 0 heterocycles. The number of nitrogens with one attached hydrogen (secondary N) is 1. The van der Waals surface area contributed by atoms with Crippen LogP contribution in [0.25, 0.3) is 0 Å². The van der Waals surface area contributed by atoms with Gasteiger partial charge >= 0.3 is 5.97 Å². The van der Waals surface area contributed by atoms with Crippen molar-refractivity contribution in [3.63, 3.8) is 0 Å². The molecule has 0 fully saturated rings. The SMILES string of the molecule is CNC(C)=O.Cc1cccc(C)c1OCC(=O)O. The molecule has 0 bridgehead atoms. The Kier molecular flexibility index (Phi) is 7.19. The number of hydrogen-bond acceptors (Lipinski definition) is 3. The topological polar surface area (TPSA) is 75.6 Å². The van der Waals surface area contributed by atoms with Crippen molar-refractivity contribution in [2.24, 2.45) is 0 Å². The average molecular weight is 253 g/mol. The molecule has 5 heteroatoms. The van der Waals surface area contributed by atoms with Gasteiger partial charge in [0.2, 0.25) is 5.91 Å². The zero-order chi connectivity index (χ0) is 14.1. The summed E-state index contributed by atoms with van der Waals surface area (Å²) in [6.45, 7) is 4.97. The third-order valence-electron chi connectivity index (χ3n) is 2.10. The highest BCUT2D eigenvalue weighted by Crippen LogP contribution is 2.21. The van der Waals surface area contributed by atoms with E-state index in [0.29, 0.717) is 5.75 Å². The van der Waals surface area contributed by atoms with Gasteiger partial charge in [0.1, 0.15) is 5.75 Å². The molecular formula is C13H19NO4. The zero-order valence-corrected chi connectivity index (χ0v) is 11.1. The van der Waals surface area contributed by atoms with Crippen LogP contribution in [0.3, 0.4) is 0 Å². The lowest BCUT2D eigenvalue weighted by Gasteiger charge is -2.09. The van der Waals surface area contributed by atoms with Gasteiger partial charge in [-0.1, -0.05) is 18.2 Å². The number of carbonyl (C=O) groups is 2. The van der Waals surface area contributed by atoms with Gasteiger partial charge in [-0.15, -0.1) is 0 Å². The van der Waals surface area contributed by atoms with Gasteiger partial charge in [-0.05, 0) is 25.0 Å². The first-order chi connectivity index (χ1) is 8.38. The van der Waals surface area contributed by atoms with Crippen molar-refractivity contribution in [3.05, 3.63) is 29.3 Å². The lowest BCUT2D eigenvalue weighted by molar-refractivity contribution is -0.139. The number of aryl methyl sites for hydroxylation is 2. The maximum atomic E-state index is 10.3. The van der Waals surface area contributed by atoms with Crippen molar-refractivity contribution >= 4 is 11.9 Å². The summed E-state index contributed by atoms with van der Waals surface area (Å²) < 4.78 is 5.13. The highest BCUT2D eigenvalue weighted by atomic mass is 16.5. The van der Waals surface area contributed by atoms with Crippen LogP contribution in [0.4, 0.5) is 0 Å². The monoisotopic (exact) mass is 253 g/mol. The first kappa shape index (κ1) is 16.0. The molecule has 0 spiro atoms. The van der Waals surface area contributed by atoms with Crippen LogP contribution in [0.1, 0.15) is 18.1 Å². The molecule has 0 saturated carbocycles. The predicted octanol–water partition coefficient (Wildman–Crippen LogP) is 1.52. The summed E-state index contributed by atoms with van der Waals surface area (Å²) in [5.41, 5.74) is 1.92. The quantitative estimate of drug-likeness (QED) is 0.856. The normalized spacial score (nSPS) is 8.89. The minimum absolute atomic E-state index is 0.00463. The minimum atomic E-state index is -0.956. The number of amides is 1. The number of para-hydroxylation sites is 1. The van der Waals surface area contributed by atoms with Gasteiger partial charge in [-0.2, -0.15) is 0 Å². The fourth-order valence-corrected chi connectivity index (χ4v) is 1.16. The van der Waals surface area contributed by atoms with Gasteiger partial charge in [-0.25, -0.2) is 4.79 Å². The molecule has 0 saturated heterocycles. The molecule has 1 rings (SSSR count). The maximum Gasteiger partial charge on any atom is 0.341 e. The first-order valence-electron chi connectivity index (χ1n) is 5.47. The molecule has 0 radical (unpaired) electrons. The molecule has 2 N–H and O–H groups in total. The summed E-state index contributed by atoms with van der Waals surface area (Å²) in [6, 6.07) is 5.70. The summed E-state index contributed by atoms with van der Waals surface area (Å²) >= 11 is 0. The molecule has 0 aliphatic heterocycles. The highest BCUT2D eigenvalue weighted by molar-refractivity contribution is 5.72. The number of carboxylic acid groups (broad SMARTS) is 1. The largest absolute Gasteiger partial charge is 0.481 e. The molecule has 18 heavy (non-hydrogen) atoms. The van der Waals surface area contributed by atoms with E-state index in [0.717, 1.165) is 11.1 Å². The van der Waals surface area contributed by atoms with Gasteiger partial charge in [0.05, 0.1) is 0 Å². The number of carboxylic acids is 1. The smallest absolute Gasteiger partial charge is 0.341 e. The van der Waals surface area contributed by atoms with Gasteiger partial charge in [0, 0.05) is 14.0 Å². The average Bonchev–Trinajstić information content (AvgIpc) is 2.28. The van der Waals surface area contributed by atoms with Crippen molar-refractivity contribution in [1.82, 2.24) is 5.32 Å². The highest BCUT2D eigenvalue weighted by Gasteiger charge is 2.04. The summed E-state index contributed by atoms with van der Waals surface area (Å²) in [5.74, 6) is -0.280. The van der Waals surface area contributed by atoms with Crippen LogP contribution in [-0.2, 0) is 9.59 Å². The molecule has 100 valence electrons. The summed E-state index contributed by atoms with van der Waals surface area (Å²) in [7, 11) is 1.60. The van der Waals surface area contributed by atoms with E-state index in [1.165, 1.54) is 6.92 Å². The van der Waals surface area contributed by atoms with E-state index in [4.69, 9.17) is 9.84 Å². The molecule has 0 atom stereocenters. The van der Waals surface area contributed by atoms with Crippen LogP contribution < -0.4 is 10.1 Å². The van der Waals surface area contributed by atoms with E-state index in [2.05, 4.69) is 5.32 Å². The van der Waals surface area contributed by atoms with Crippen molar-refractivity contribution < 1.29 is 19.4 Å². The first-order valence-corrected chi connectivity index (χ1v) is 5.47. The summed E-state index contributed by atoms with van der Waals surface area (Å²) in [4.78, 5) is 20.0. The van der Waals surface area contributed by atoms with Gasteiger partial charge in [0.25, 0.3) is 0 Å². The number of ether oxygens (including phenoxy) is 1. The standard InChI is InChI=1S/C10H12O3.C3H7NO/c1-7-4-3-5-8(2)10(7)13-6-9(11)12;1-3(5)4-2/h3-5H,6H2,1-2H3,(H,11,12);1-2H3,(H,4,5). The Hall–Kier alpha value is -2.04. The zero-order valence-electron chi connectivity index (χ0n) is 11.1. The predicted molar refractivity (Wildman–Crippen MR) is 68.8 cm³/mol. The van der Waals surface area contributed by atoms with Crippen LogP contribution in [-0.4, -0.2) is 30.6 Å². The number of hydrogen-bond donors (Lipinski definition) is 2. The van der Waals surface area contributed by atoms with Gasteiger partial charge < -0.3 is 15.2 Å². The Labute approximate surface area is 107 Å². The van der Waals surface area contributed by atoms with E-state index in [1.807, 2.05) is 32.0 Å². The third kappa shape index (κ3) is 6.52. The molecule has 1 aromatic rings. The van der Waals surface area contributed by atoms with Crippen LogP contribution >= 0.6 is 0 Å². The van der Waals surface area contributed by atoms with Crippen molar-refractivity contribution in [3.8, 4) is 5.75 Å². The molecule has 0 aliphatic carbocycles. The van der Waals surface area contributed by atoms with Crippen LogP contribution in [0, 0.1) is 13.8 Å². The van der Waals surface area contributed by atoms with Gasteiger partial charge in [0.15, 0.2) is 6.61 Å². The fourth-order valence-electron chi connectivity index (χ4n) is 1.16. The van der Waals surface area contributed by atoms with Crippen molar-refractivity contribution in [2.75, 3.05) is 13.7 Å². The lowest BCUT2D eigenvalue weighted by atomic mass is 10.1. The van der Waals surface area contributed by atoms with Crippen molar-refractivity contribution in [2.45, 2.75) is 20.8 Å². The maximum absolute atomic E-state index is 10.3. The van der Waals surface area contributed by atoms with E-state index in [1.54, 1.807) is 7.05 Å². The van der Waals surface area contributed by atoms with Crippen molar-refractivity contribution in [1.29, 1.82) is 0 Å². The van der Waals surface area contributed by atoms with E-state index in [9.17, 15) is 9.59 Å². The lowest BCUT2D eigenvalue weighted by Crippen LogP contribution is -2.11. The molecule has 0 aliphatic rings. The Morgan fingerprint density at radius 3 is 2.06 bits per heavy atom. The number of rotatable bonds is 3. The Balaban J connectivity index is 0.000000494. The molecule has 0 aromatic heterocycles. The van der Waals surface area contributed by atoms with Crippen LogP contribution in [0.5, 0.6) is 5.75 Å².